The molecule has 5 nitrogen and oxygen atoms in total. The van der Waals surface area contributed by atoms with Crippen LogP contribution in [0.1, 0.15) is 5.56 Å². The van der Waals surface area contributed by atoms with Crippen molar-refractivity contribution in [3.05, 3.63) is 82.4 Å². The Balaban J connectivity index is 1.69. The van der Waals surface area contributed by atoms with Gasteiger partial charge in [0.15, 0.2) is 10.8 Å². The summed E-state index contributed by atoms with van der Waals surface area (Å²) in [5.41, 5.74) is 2.07. The van der Waals surface area contributed by atoms with Gasteiger partial charge >= 0.3 is 5.69 Å². The van der Waals surface area contributed by atoms with E-state index in [1.165, 1.54) is 42.2 Å². The Hall–Kier alpha value is -3.00. The first-order valence-corrected chi connectivity index (χ1v) is 8.70. The van der Waals surface area contributed by atoms with Crippen molar-refractivity contribution < 1.29 is 8.78 Å². The molecule has 4 rings (SSSR count). The van der Waals surface area contributed by atoms with Gasteiger partial charge in [0.05, 0.1) is 6.20 Å². The van der Waals surface area contributed by atoms with E-state index in [9.17, 15) is 13.6 Å². The van der Waals surface area contributed by atoms with Crippen LogP contribution in [-0.2, 0) is 5.75 Å². The van der Waals surface area contributed by atoms with Gasteiger partial charge in [0.2, 0.25) is 0 Å². The molecule has 0 aliphatic rings. The van der Waals surface area contributed by atoms with E-state index >= 15 is 0 Å². The van der Waals surface area contributed by atoms with Crippen molar-refractivity contribution in [1.29, 1.82) is 0 Å². The molecule has 0 amide bonds. The molecule has 2 heterocycles. The molecule has 4 aromatic rings. The van der Waals surface area contributed by atoms with E-state index in [1.54, 1.807) is 24.3 Å². The van der Waals surface area contributed by atoms with Gasteiger partial charge in [-0.2, -0.15) is 9.61 Å². The lowest BCUT2D eigenvalue weighted by Crippen LogP contribution is -2.19. The highest BCUT2D eigenvalue weighted by atomic mass is 32.2. The third-order valence-corrected chi connectivity index (χ3v) is 4.72. The fourth-order valence-electron chi connectivity index (χ4n) is 2.55. The van der Waals surface area contributed by atoms with Crippen molar-refractivity contribution in [3.63, 3.8) is 0 Å². The number of hydrogen-bond acceptors (Lipinski definition) is 4. The van der Waals surface area contributed by atoms with Gasteiger partial charge in [0.1, 0.15) is 11.6 Å². The number of aromatic amines is 1. The first kappa shape index (κ1) is 16.5. The Morgan fingerprint density at radius 2 is 1.88 bits per heavy atom. The molecular formula is C18H12F2N4OS. The Bertz CT molecular complexity index is 1140. The second kappa shape index (κ2) is 6.72. The highest BCUT2D eigenvalue weighted by molar-refractivity contribution is 7.98. The van der Waals surface area contributed by atoms with E-state index in [1.807, 2.05) is 0 Å². The largest absolute Gasteiger partial charge is 0.350 e. The number of nitrogens with zero attached hydrogens (tertiary/aromatic N) is 3. The molecule has 1 N–H and O–H groups in total. The highest BCUT2D eigenvalue weighted by Gasteiger charge is 2.12. The average Bonchev–Trinajstić information content (AvgIpc) is 3.05. The molecule has 0 fully saturated rings. The zero-order chi connectivity index (χ0) is 18.1. The monoisotopic (exact) mass is 370 g/mol. The second-order valence-corrected chi connectivity index (χ2v) is 6.53. The molecule has 2 aromatic carbocycles. The SMILES string of the molecule is O=c1[nH]c(SCc2cccc(F)c2)nc2c(-c3ccc(F)cc3)cnn12. The number of hydrogen-bond donors (Lipinski definition) is 1. The molecular weight excluding hydrogens is 358 g/mol. The molecule has 0 aliphatic heterocycles. The van der Waals surface area contributed by atoms with Crippen LogP contribution in [0.2, 0.25) is 0 Å². The molecule has 0 aliphatic carbocycles. The average molecular weight is 370 g/mol. The van der Waals surface area contributed by atoms with Crippen LogP contribution >= 0.6 is 11.8 Å². The van der Waals surface area contributed by atoms with Crippen molar-refractivity contribution in [2.45, 2.75) is 10.9 Å². The number of aromatic nitrogens is 4. The molecule has 0 unspecified atom stereocenters. The Kier molecular flexibility index (Phi) is 4.26. The topological polar surface area (TPSA) is 63.0 Å². The molecule has 0 atom stereocenters. The van der Waals surface area contributed by atoms with Gasteiger partial charge in [0, 0.05) is 11.3 Å². The number of fused-ring (bicyclic) bond motifs is 1. The van der Waals surface area contributed by atoms with Gasteiger partial charge in [-0.15, -0.1) is 0 Å². The van der Waals surface area contributed by atoms with Crippen LogP contribution in [-0.4, -0.2) is 19.6 Å². The van der Waals surface area contributed by atoms with E-state index in [2.05, 4.69) is 15.1 Å². The van der Waals surface area contributed by atoms with Crippen LogP contribution < -0.4 is 5.69 Å². The van der Waals surface area contributed by atoms with Crippen LogP contribution in [0.3, 0.4) is 0 Å². The van der Waals surface area contributed by atoms with Crippen LogP contribution in [0.25, 0.3) is 16.8 Å². The van der Waals surface area contributed by atoms with E-state index in [4.69, 9.17) is 0 Å². The number of thioether (sulfide) groups is 1. The van der Waals surface area contributed by atoms with E-state index in [0.717, 1.165) is 10.1 Å². The molecule has 0 radical (unpaired) electrons. The quantitative estimate of drug-likeness (QED) is 0.557. The third kappa shape index (κ3) is 3.23. The van der Waals surface area contributed by atoms with Gasteiger partial charge in [-0.3, -0.25) is 4.98 Å². The summed E-state index contributed by atoms with van der Waals surface area (Å²) in [7, 11) is 0. The second-order valence-electron chi connectivity index (χ2n) is 5.57. The number of halogens is 2. The van der Waals surface area contributed by atoms with Crippen LogP contribution in [0.5, 0.6) is 0 Å². The first-order chi connectivity index (χ1) is 12.6. The van der Waals surface area contributed by atoms with E-state index < -0.39 is 5.69 Å². The minimum Gasteiger partial charge on any atom is -0.285 e. The maximum absolute atomic E-state index is 13.3. The van der Waals surface area contributed by atoms with Crippen LogP contribution in [0, 0.1) is 11.6 Å². The summed E-state index contributed by atoms with van der Waals surface area (Å²) in [6.07, 6.45) is 1.52. The minimum atomic E-state index is -0.426. The fraction of sp³-hybridized carbons (Fsp3) is 0.0556. The van der Waals surface area contributed by atoms with Crippen molar-refractivity contribution in [2.75, 3.05) is 0 Å². The van der Waals surface area contributed by atoms with Gasteiger partial charge in [-0.25, -0.2) is 18.6 Å². The highest BCUT2D eigenvalue weighted by Crippen LogP contribution is 2.25. The van der Waals surface area contributed by atoms with Crippen LogP contribution in [0.4, 0.5) is 8.78 Å². The maximum Gasteiger partial charge on any atom is 0.350 e. The lowest BCUT2D eigenvalue weighted by Gasteiger charge is -2.03. The summed E-state index contributed by atoms with van der Waals surface area (Å²) in [6.45, 7) is 0. The Morgan fingerprint density at radius 3 is 2.65 bits per heavy atom. The fourth-order valence-corrected chi connectivity index (χ4v) is 3.34. The van der Waals surface area contributed by atoms with Gasteiger partial charge in [-0.1, -0.05) is 36.0 Å². The maximum atomic E-state index is 13.3. The molecule has 8 heteroatoms. The zero-order valence-electron chi connectivity index (χ0n) is 13.3. The molecule has 26 heavy (non-hydrogen) atoms. The van der Waals surface area contributed by atoms with Crippen molar-refractivity contribution >= 4 is 17.4 Å². The molecule has 2 aromatic heterocycles. The standard InChI is InChI=1S/C18H12F2N4OS/c19-13-6-4-12(5-7-13)15-9-21-24-16(15)22-17(23-18(24)25)26-10-11-2-1-3-14(20)8-11/h1-9H,10H2,(H,22,23,25). The van der Waals surface area contributed by atoms with Crippen molar-refractivity contribution in [3.8, 4) is 11.1 Å². The summed E-state index contributed by atoms with van der Waals surface area (Å²) >= 11 is 1.29. The third-order valence-electron chi connectivity index (χ3n) is 3.78. The minimum absolute atomic E-state index is 0.311. The van der Waals surface area contributed by atoms with Gasteiger partial charge in [-0.05, 0) is 35.4 Å². The lowest BCUT2D eigenvalue weighted by atomic mass is 10.1. The molecule has 0 spiro atoms. The van der Waals surface area contributed by atoms with Crippen molar-refractivity contribution in [2.24, 2.45) is 0 Å². The zero-order valence-corrected chi connectivity index (χ0v) is 14.1. The summed E-state index contributed by atoms with van der Waals surface area (Å²) in [6, 6.07) is 12.1. The predicted molar refractivity (Wildman–Crippen MR) is 95.0 cm³/mol. The smallest absolute Gasteiger partial charge is 0.285 e. The summed E-state index contributed by atoms with van der Waals surface area (Å²) in [4.78, 5) is 19.3. The molecule has 130 valence electrons. The van der Waals surface area contributed by atoms with Crippen LogP contribution in [0.15, 0.2) is 64.7 Å². The summed E-state index contributed by atoms with van der Waals surface area (Å²) < 4.78 is 27.6. The molecule has 0 saturated carbocycles. The molecule has 0 saturated heterocycles. The molecule has 0 bridgehead atoms. The first-order valence-electron chi connectivity index (χ1n) is 7.71. The summed E-state index contributed by atoms with van der Waals surface area (Å²) in [5, 5.41) is 4.44. The van der Waals surface area contributed by atoms with Gasteiger partial charge in [0.25, 0.3) is 0 Å². The number of rotatable bonds is 4. The van der Waals surface area contributed by atoms with Gasteiger partial charge < -0.3 is 0 Å². The summed E-state index contributed by atoms with van der Waals surface area (Å²) in [5.74, 6) is -0.201. The normalized spacial score (nSPS) is 11.2. The predicted octanol–water partition coefficient (Wildman–Crippen LogP) is 3.66. The number of benzene rings is 2. The van der Waals surface area contributed by atoms with E-state index in [0.29, 0.717) is 27.7 Å². The Morgan fingerprint density at radius 1 is 1.08 bits per heavy atom. The van der Waals surface area contributed by atoms with E-state index in [-0.39, 0.29) is 11.6 Å². The number of nitrogens with one attached hydrogen (secondary N) is 1. The lowest BCUT2D eigenvalue weighted by molar-refractivity contribution is 0.626. The number of H-pyrrole nitrogens is 1. The van der Waals surface area contributed by atoms with Crippen molar-refractivity contribution in [1.82, 2.24) is 19.6 Å². The Labute approximate surface area is 150 Å².